The van der Waals surface area contributed by atoms with Crippen molar-refractivity contribution in [1.29, 1.82) is 0 Å². The summed E-state index contributed by atoms with van der Waals surface area (Å²) in [6, 6.07) is 8.94. The SMILES string of the molecule is COc1ccc(CC(N)c2cc(F)c(Br)cc2F)cc1. The lowest BCUT2D eigenvalue weighted by Crippen LogP contribution is -2.15. The van der Waals surface area contributed by atoms with Crippen molar-refractivity contribution in [3.8, 4) is 5.75 Å². The van der Waals surface area contributed by atoms with E-state index in [0.29, 0.717) is 6.42 Å². The maximum absolute atomic E-state index is 13.8. The summed E-state index contributed by atoms with van der Waals surface area (Å²) < 4.78 is 32.4. The van der Waals surface area contributed by atoms with Crippen molar-refractivity contribution in [3.05, 3.63) is 63.6 Å². The molecule has 0 bridgehead atoms. The summed E-state index contributed by atoms with van der Waals surface area (Å²) in [4.78, 5) is 0. The van der Waals surface area contributed by atoms with Crippen LogP contribution in [-0.4, -0.2) is 7.11 Å². The molecule has 0 aromatic heterocycles. The van der Waals surface area contributed by atoms with Crippen LogP contribution in [0.1, 0.15) is 17.2 Å². The van der Waals surface area contributed by atoms with Gasteiger partial charge in [-0.25, -0.2) is 8.78 Å². The average molecular weight is 342 g/mol. The van der Waals surface area contributed by atoms with Gasteiger partial charge >= 0.3 is 0 Å². The zero-order valence-corrected chi connectivity index (χ0v) is 12.5. The van der Waals surface area contributed by atoms with E-state index in [4.69, 9.17) is 10.5 Å². The van der Waals surface area contributed by atoms with E-state index in [0.717, 1.165) is 23.4 Å². The topological polar surface area (TPSA) is 35.2 Å². The minimum Gasteiger partial charge on any atom is -0.497 e. The van der Waals surface area contributed by atoms with Crippen molar-refractivity contribution in [2.75, 3.05) is 7.11 Å². The summed E-state index contributed by atoms with van der Waals surface area (Å²) in [7, 11) is 1.58. The van der Waals surface area contributed by atoms with Crippen molar-refractivity contribution in [2.45, 2.75) is 12.5 Å². The summed E-state index contributed by atoms with van der Waals surface area (Å²) in [6.45, 7) is 0. The first-order chi connectivity index (χ1) is 9.51. The Morgan fingerprint density at radius 3 is 2.40 bits per heavy atom. The molecule has 106 valence electrons. The van der Waals surface area contributed by atoms with E-state index in [1.54, 1.807) is 19.2 Å². The van der Waals surface area contributed by atoms with E-state index in [2.05, 4.69) is 15.9 Å². The molecule has 0 heterocycles. The number of methoxy groups -OCH3 is 1. The highest BCUT2D eigenvalue weighted by Crippen LogP contribution is 2.25. The van der Waals surface area contributed by atoms with Crippen molar-refractivity contribution in [2.24, 2.45) is 5.73 Å². The van der Waals surface area contributed by atoms with Gasteiger partial charge in [0.25, 0.3) is 0 Å². The second-order valence-corrected chi connectivity index (χ2v) is 5.30. The number of hydrogen-bond acceptors (Lipinski definition) is 2. The lowest BCUT2D eigenvalue weighted by molar-refractivity contribution is 0.414. The number of benzene rings is 2. The van der Waals surface area contributed by atoms with Crippen molar-refractivity contribution in [1.82, 2.24) is 0 Å². The normalized spacial score (nSPS) is 12.2. The molecule has 0 spiro atoms. The lowest BCUT2D eigenvalue weighted by atomic mass is 9.99. The molecule has 2 rings (SSSR count). The minimum atomic E-state index is -0.606. The molecule has 2 nitrogen and oxygen atoms in total. The molecule has 0 aliphatic carbocycles. The Bertz CT molecular complexity index is 602. The highest BCUT2D eigenvalue weighted by atomic mass is 79.9. The molecule has 0 radical (unpaired) electrons. The fourth-order valence-electron chi connectivity index (χ4n) is 1.95. The summed E-state index contributed by atoms with van der Waals surface area (Å²) in [5.41, 5.74) is 7.06. The van der Waals surface area contributed by atoms with Gasteiger partial charge in [-0.05, 0) is 52.2 Å². The number of hydrogen-bond donors (Lipinski definition) is 1. The van der Waals surface area contributed by atoms with Gasteiger partial charge in [0.2, 0.25) is 0 Å². The van der Waals surface area contributed by atoms with Crippen LogP contribution >= 0.6 is 15.9 Å². The first-order valence-electron chi connectivity index (χ1n) is 6.04. The molecule has 0 saturated carbocycles. The maximum atomic E-state index is 13.8. The molecule has 0 saturated heterocycles. The largest absolute Gasteiger partial charge is 0.497 e. The average Bonchev–Trinajstić information content (AvgIpc) is 2.43. The van der Waals surface area contributed by atoms with Crippen molar-refractivity contribution >= 4 is 15.9 Å². The van der Waals surface area contributed by atoms with Crippen LogP contribution in [0, 0.1) is 11.6 Å². The molecule has 2 aromatic rings. The predicted octanol–water partition coefficient (Wildman–Crippen LogP) is 3.98. The molecule has 0 aliphatic rings. The molecule has 2 N–H and O–H groups in total. The van der Waals surface area contributed by atoms with Crippen LogP contribution in [0.3, 0.4) is 0 Å². The zero-order chi connectivity index (χ0) is 14.7. The fraction of sp³-hybridized carbons (Fsp3) is 0.200. The van der Waals surface area contributed by atoms with Gasteiger partial charge in [0.1, 0.15) is 17.4 Å². The van der Waals surface area contributed by atoms with E-state index >= 15 is 0 Å². The second-order valence-electron chi connectivity index (χ2n) is 4.45. The molecule has 0 fully saturated rings. The van der Waals surface area contributed by atoms with Crippen LogP contribution in [0.15, 0.2) is 40.9 Å². The first kappa shape index (κ1) is 14.9. The van der Waals surface area contributed by atoms with E-state index < -0.39 is 17.7 Å². The molecule has 0 aliphatic heterocycles. The molecular formula is C15H14BrF2NO. The third kappa shape index (κ3) is 3.35. The van der Waals surface area contributed by atoms with Gasteiger partial charge < -0.3 is 10.5 Å². The number of rotatable bonds is 4. The second kappa shape index (κ2) is 6.33. The summed E-state index contributed by atoms with van der Waals surface area (Å²) >= 11 is 2.94. The van der Waals surface area contributed by atoms with E-state index in [9.17, 15) is 8.78 Å². The molecule has 2 aromatic carbocycles. The minimum absolute atomic E-state index is 0.0930. The molecule has 0 amide bonds. The molecular weight excluding hydrogens is 328 g/mol. The van der Waals surface area contributed by atoms with Gasteiger partial charge in [-0.3, -0.25) is 0 Å². The third-order valence-corrected chi connectivity index (χ3v) is 3.66. The Balaban J connectivity index is 2.18. The first-order valence-corrected chi connectivity index (χ1v) is 6.83. The quantitative estimate of drug-likeness (QED) is 0.853. The standard InChI is InChI=1S/C15H14BrF2NO/c1-20-10-4-2-9(3-5-10)6-15(19)11-7-14(18)12(16)8-13(11)17/h2-5,7-8,15H,6,19H2,1H3. The molecule has 20 heavy (non-hydrogen) atoms. The van der Waals surface area contributed by atoms with Gasteiger partial charge in [0.15, 0.2) is 0 Å². The van der Waals surface area contributed by atoms with Gasteiger partial charge in [-0.2, -0.15) is 0 Å². The van der Waals surface area contributed by atoms with Gasteiger partial charge in [-0.15, -0.1) is 0 Å². The Morgan fingerprint density at radius 1 is 1.15 bits per heavy atom. The number of ether oxygens (including phenoxy) is 1. The molecule has 5 heteroatoms. The van der Waals surface area contributed by atoms with Crippen LogP contribution in [0.25, 0.3) is 0 Å². The van der Waals surface area contributed by atoms with E-state index in [1.807, 2.05) is 12.1 Å². The Hall–Kier alpha value is -1.46. The fourth-order valence-corrected chi connectivity index (χ4v) is 2.26. The Morgan fingerprint density at radius 2 is 1.80 bits per heavy atom. The highest BCUT2D eigenvalue weighted by Gasteiger charge is 2.15. The predicted molar refractivity (Wildman–Crippen MR) is 77.7 cm³/mol. The van der Waals surface area contributed by atoms with Crippen LogP contribution < -0.4 is 10.5 Å². The summed E-state index contributed by atoms with van der Waals surface area (Å²) in [5.74, 6) is -0.297. The number of halogens is 3. The Labute approximate surface area is 124 Å². The van der Waals surface area contributed by atoms with Crippen molar-refractivity contribution < 1.29 is 13.5 Å². The highest BCUT2D eigenvalue weighted by molar-refractivity contribution is 9.10. The molecule has 1 unspecified atom stereocenters. The smallest absolute Gasteiger partial charge is 0.137 e. The Kier molecular flexibility index (Phi) is 4.73. The van der Waals surface area contributed by atoms with E-state index in [1.165, 1.54) is 0 Å². The van der Waals surface area contributed by atoms with Gasteiger partial charge in [-0.1, -0.05) is 12.1 Å². The van der Waals surface area contributed by atoms with Gasteiger partial charge in [0.05, 0.1) is 11.6 Å². The van der Waals surface area contributed by atoms with Gasteiger partial charge in [0, 0.05) is 11.6 Å². The summed E-state index contributed by atoms with van der Waals surface area (Å²) in [6.07, 6.45) is 0.419. The van der Waals surface area contributed by atoms with Crippen LogP contribution in [0.4, 0.5) is 8.78 Å². The van der Waals surface area contributed by atoms with Crippen LogP contribution in [0.2, 0.25) is 0 Å². The van der Waals surface area contributed by atoms with Crippen molar-refractivity contribution in [3.63, 3.8) is 0 Å². The molecule has 1 atom stereocenters. The number of nitrogens with two attached hydrogens (primary N) is 1. The van der Waals surface area contributed by atoms with Crippen LogP contribution in [-0.2, 0) is 6.42 Å². The monoisotopic (exact) mass is 341 g/mol. The lowest BCUT2D eigenvalue weighted by Gasteiger charge is -2.14. The zero-order valence-electron chi connectivity index (χ0n) is 10.9. The summed E-state index contributed by atoms with van der Waals surface area (Å²) in [5, 5.41) is 0. The maximum Gasteiger partial charge on any atom is 0.137 e. The van der Waals surface area contributed by atoms with E-state index in [-0.39, 0.29) is 10.0 Å². The third-order valence-electron chi connectivity index (χ3n) is 3.05. The van der Waals surface area contributed by atoms with Crippen LogP contribution in [0.5, 0.6) is 5.75 Å².